The average Bonchev–Trinajstić information content (AvgIpc) is 3.35. The van der Waals surface area contributed by atoms with Gasteiger partial charge in [0, 0.05) is 38.5 Å². The van der Waals surface area contributed by atoms with Crippen molar-refractivity contribution in [2.75, 3.05) is 54.5 Å². The summed E-state index contributed by atoms with van der Waals surface area (Å²) in [6.07, 6.45) is 0.758. The van der Waals surface area contributed by atoms with Crippen molar-refractivity contribution in [3.05, 3.63) is 30.3 Å². The molecule has 1 unspecified atom stereocenters. The van der Waals surface area contributed by atoms with Crippen LogP contribution >= 0.6 is 0 Å². The Bertz CT molecular complexity index is 705. The van der Waals surface area contributed by atoms with E-state index in [1.165, 1.54) is 5.69 Å². The third-order valence-electron chi connectivity index (χ3n) is 4.70. The van der Waals surface area contributed by atoms with Crippen molar-refractivity contribution in [3.63, 3.8) is 0 Å². The Kier molecular flexibility index (Phi) is 4.51. The van der Waals surface area contributed by atoms with E-state index in [-0.39, 0.29) is 11.8 Å². The lowest BCUT2D eigenvalue weighted by molar-refractivity contribution is -0.119. The van der Waals surface area contributed by atoms with Crippen LogP contribution in [0.25, 0.3) is 0 Å². The van der Waals surface area contributed by atoms with Gasteiger partial charge in [-0.25, -0.2) is 5.10 Å². The van der Waals surface area contributed by atoms with Crippen LogP contribution in [0.3, 0.4) is 0 Å². The highest BCUT2D eigenvalue weighted by atomic mass is 16.5. The molecule has 132 valence electrons. The molecule has 4 rings (SSSR count). The van der Waals surface area contributed by atoms with E-state index in [4.69, 9.17) is 4.74 Å². The minimum atomic E-state index is -0.0945. The van der Waals surface area contributed by atoms with E-state index in [1.807, 2.05) is 6.07 Å². The number of aromatic amines is 1. The van der Waals surface area contributed by atoms with Gasteiger partial charge in [0.1, 0.15) is 0 Å². The van der Waals surface area contributed by atoms with Crippen LogP contribution in [0.15, 0.2) is 30.3 Å². The smallest absolute Gasteiger partial charge is 0.246 e. The highest BCUT2D eigenvalue weighted by Crippen LogP contribution is 2.19. The summed E-state index contributed by atoms with van der Waals surface area (Å²) in [7, 11) is 0. The molecule has 0 bridgehead atoms. The number of nitrogens with one attached hydrogen (secondary N) is 2. The fourth-order valence-electron chi connectivity index (χ4n) is 3.21. The third-order valence-corrected chi connectivity index (χ3v) is 4.70. The Labute approximate surface area is 146 Å². The number of aromatic nitrogens is 3. The van der Waals surface area contributed by atoms with Crippen LogP contribution in [0.2, 0.25) is 0 Å². The molecule has 2 aromatic rings. The van der Waals surface area contributed by atoms with Crippen molar-refractivity contribution in [2.24, 2.45) is 5.92 Å². The van der Waals surface area contributed by atoms with Crippen LogP contribution in [0, 0.1) is 5.92 Å². The molecule has 2 aliphatic heterocycles. The number of piperazine rings is 1. The maximum atomic E-state index is 12.1. The fraction of sp³-hybridized carbons (Fsp3) is 0.471. The van der Waals surface area contributed by atoms with Crippen molar-refractivity contribution in [3.8, 4) is 0 Å². The number of amides is 1. The number of carbonyl (C=O) groups excluding carboxylic acids is 1. The highest BCUT2D eigenvalue weighted by Gasteiger charge is 2.25. The first-order chi connectivity index (χ1) is 12.3. The Morgan fingerprint density at radius 1 is 1.16 bits per heavy atom. The predicted molar refractivity (Wildman–Crippen MR) is 94.8 cm³/mol. The molecule has 2 saturated heterocycles. The van der Waals surface area contributed by atoms with Gasteiger partial charge in [-0.1, -0.05) is 18.2 Å². The number of carbonyl (C=O) groups is 1. The molecule has 25 heavy (non-hydrogen) atoms. The Balaban J connectivity index is 1.33. The van der Waals surface area contributed by atoms with Crippen LogP contribution in [-0.2, 0) is 9.53 Å². The number of anilines is 3. The number of nitrogens with zero attached hydrogens (tertiary/aromatic N) is 4. The molecule has 0 spiro atoms. The van der Waals surface area contributed by atoms with E-state index in [9.17, 15) is 4.79 Å². The number of H-pyrrole nitrogens is 1. The van der Waals surface area contributed by atoms with Crippen LogP contribution < -0.4 is 15.1 Å². The van der Waals surface area contributed by atoms with Crippen LogP contribution in [0.1, 0.15) is 6.42 Å². The van der Waals surface area contributed by atoms with Gasteiger partial charge in [-0.05, 0) is 18.6 Å². The van der Waals surface area contributed by atoms with Crippen LogP contribution in [0.5, 0.6) is 0 Å². The first-order valence-corrected chi connectivity index (χ1v) is 8.65. The SMILES string of the molecule is O=C(Nc1nc(N2CCN(c3ccccc3)CC2)n[nH]1)C1CCOC1. The Morgan fingerprint density at radius 3 is 2.64 bits per heavy atom. The zero-order chi connectivity index (χ0) is 17.1. The number of para-hydroxylation sites is 1. The van der Waals surface area contributed by atoms with Crippen LogP contribution in [0.4, 0.5) is 17.6 Å². The number of hydrogen-bond donors (Lipinski definition) is 2. The van der Waals surface area contributed by atoms with Gasteiger partial charge >= 0.3 is 0 Å². The third kappa shape index (κ3) is 3.58. The normalized spacial score (nSPS) is 20.7. The molecule has 0 saturated carbocycles. The molecule has 3 heterocycles. The summed E-state index contributed by atoms with van der Waals surface area (Å²) in [6, 6.07) is 10.4. The molecule has 1 amide bonds. The van der Waals surface area contributed by atoms with E-state index in [0.717, 1.165) is 32.6 Å². The summed E-state index contributed by atoms with van der Waals surface area (Å²) >= 11 is 0. The lowest BCUT2D eigenvalue weighted by Gasteiger charge is -2.35. The average molecular weight is 342 g/mol. The van der Waals surface area contributed by atoms with Crippen molar-refractivity contribution in [2.45, 2.75) is 6.42 Å². The zero-order valence-corrected chi connectivity index (χ0v) is 14.0. The van der Waals surface area contributed by atoms with Gasteiger partial charge in [-0.3, -0.25) is 10.1 Å². The van der Waals surface area contributed by atoms with Gasteiger partial charge < -0.3 is 14.5 Å². The number of benzene rings is 1. The highest BCUT2D eigenvalue weighted by molar-refractivity contribution is 5.91. The van der Waals surface area contributed by atoms with E-state index < -0.39 is 0 Å². The zero-order valence-electron chi connectivity index (χ0n) is 14.0. The second kappa shape index (κ2) is 7.10. The Hall–Kier alpha value is -2.61. The standard InChI is InChI=1S/C17H22N6O2/c24-15(13-6-11-25-12-13)18-16-19-17(21-20-16)23-9-7-22(8-10-23)14-4-2-1-3-5-14/h1-5,13H,6-12H2,(H2,18,19,20,21,24). The van der Waals surface area contributed by atoms with Gasteiger partial charge in [0.25, 0.3) is 0 Å². The first-order valence-electron chi connectivity index (χ1n) is 8.65. The summed E-state index contributed by atoms with van der Waals surface area (Å²) < 4.78 is 5.24. The van der Waals surface area contributed by atoms with Gasteiger partial charge in [0.15, 0.2) is 0 Å². The van der Waals surface area contributed by atoms with Gasteiger partial charge in [0.05, 0.1) is 12.5 Å². The second-order valence-electron chi connectivity index (χ2n) is 6.34. The topological polar surface area (TPSA) is 86.4 Å². The number of ether oxygens (including phenoxy) is 1. The second-order valence-corrected chi connectivity index (χ2v) is 6.34. The van der Waals surface area contributed by atoms with E-state index in [2.05, 4.69) is 54.6 Å². The molecule has 8 nitrogen and oxygen atoms in total. The van der Waals surface area contributed by atoms with Crippen molar-refractivity contribution >= 4 is 23.5 Å². The summed E-state index contributed by atoms with van der Waals surface area (Å²) in [6.45, 7) is 4.65. The van der Waals surface area contributed by atoms with E-state index in [0.29, 0.717) is 25.1 Å². The monoisotopic (exact) mass is 342 g/mol. The molecule has 1 aromatic carbocycles. The van der Waals surface area contributed by atoms with E-state index in [1.54, 1.807) is 0 Å². The Morgan fingerprint density at radius 2 is 1.92 bits per heavy atom. The lowest BCUT2D eigenvalue weighted by atomic mass is 10.1. The summed E-state index contributed by atoms with van der Waals surface area (Å²) in [5, 5.41) is 9.85. The maximum absolute atomic E-state index is 12.1. The van der Waals surface area contributed by atoms with E-state index >= 15 is 0 Å². The molecule has 1 atom stereocenters. The number of rotatable bonds is 4. The lowest BCUT2D eigenvalue weighted by Crippen LogP contribution is -2.47. The molecule has 2 fully saturated rings. The van der Waals surface area contributed by atoms with Gasteiger partial charge in [0.2, 0.25) is 17.8 Å². The predicted octanol–water partition coefficient (Wildman–Crippen LogP) is 1.11. The van der Waals surface area contributed by atoms with Crippen LogP contribution in [-0.4, -0.2) is 60.5 Å². The van der Waals surface area contributed by atoms with Crippen molar-refractivity contribution < 1.29 is 9.53 Å². The number of hydrogen-bond acceptors (Lipinski definition) is 6. The minimum Gasteiger partial charge on any atom is -0.381 e. The van der Waals surface area contributed by atoms with Gasteiger partial charge in [-0.2, -0.15) is 4.98 Å². The quantitative estimate of drug-likeness (QED) is 0.865. The maximum Gasteiger partial charge on any atom is 0.246 e. The molecular formula is C17H22N6O2. The largest absolute Gasteiger partial charge is 0.381 e. The summed E-state index contributed by atoms with van der Waals surface area (Å²) in [4.78, 5) is 21.0. The molecule has 2 aliphatic rings. The molecule has 2 N–H and O–H groups in total. The van der Waals surface area contributed by atoms with Crippen molar-refractivity contribution in [1.29, 1.82) is 0 Å². The minimum absolute atomic E-state index is 0.0610. The molecule has 0 aliphatic carbocycles. The molecular weight excluding hydrogens is 320 g/mol. The molecule has 8 heteroatoms. The first kappa shape index (κ1) is 15.9. The fourth-order valence-corrected chi connectivity index (χ4v) is 3.21. The van der Waals surface area contributed by atoms with Gasteiger partial charge in [-0.15, -0.1) is 5.10 Å². The van der Waals surface area contributed by atoms with Crippen molar-refractivity contribution in [1.82, 2.24) is 15.2 Å². The summed E-state index contributed by atoms with van der Waals surface area (Å²) in [5.41, 5.74) is 1.24. The summed E-state index contributed by atoms with van der Waals surface area (Å²) in [5.74, 6) is 0.875. The molecule has 1 aromatic heterocycles. The molecule has 0 radical (unpaired) electrons.